The van der Waals surface area contributed by atoms with Gasteiger partial charge in [0.15, 0.2) is 0 Å². The van der Waals surface area contributed by atoms with Crippen molar-refractivity contribution in [2.45, 2.75) is 12.8 Å². The van der Waals surface area contributed by atoms with E-state index in [0.717, 1.165) is 30.7 Å². The number of rotatable bonds is 4. The minimum absolute atomic E-state index is 0.0619. The van der Waals surface area contributed by atoms with Crippen LogP contribution >= 0.6 is 11.6 Å². The molecule has 6 nitrogen and oxygen atoms in total. The number of benzene rings is 1. The quantitative estimate of drug-likeness (QED) is 0.897. The normalized spacial score (nSPS) is 17.9. The molecule has 2 N–H and O–H groups in total. The van der Waals surface area contributed by atoms with Crippen LogP contribution in [0.1, 0.15) is 12.8 Å². The SMILES string of the molecule is O=c1c(Cl)c(NCC2CCCOC2)cnn1-c1cccc(O)c1. The molecule has 7 heteroatoms. The van der Waals surface area contributed by atoms with Crippen LogP contribution in [0.3, 0.4) is 0 Å². The summed E-state index contributed by atoms with van der Waals surface area (Å²) >= 11 is 6.18. The van der Waals surface area contributed by atoms with E-state index < -0.39 is 5.56 Å². The van der Waals surface area contributed by atoms with Crippen LogP contribution in [0, 0.1) is 5.92 Å². The van der Waals surface area contributed by atoms with Crippen molar-refractivity contribution in [3.63, 3.8) is 0 Å². The lowest BCUT2D eigenvalue weighted by molar-refractivity contribution is 0.0595. The lowest BCUT2D eigenvalue weighted by Crippen LogP contribution is -2.26. The molecule has 2 aromatic rings. The third kappa shape index (κ3) is 3.65. The van der Waals surface area contributed by atoms with Crippen LogP contribution in [0.25, 0.3) is 5.69 Å². The van der Waals surface area contributed by atoms with Crippen LogP contribution < -0.4 is 10.9 Å². The van der Waals surface area contributed by atoms with Crippen LogP contribution in [-0.2, 0) is 4.74 Å². The predicted molar refractivity (Wildman–Crippen MR) is 88.5 cm³/mol. The Bertz CT molecular complexity index is 742. The van der Waals surface area contributed by atoms with Crippen molar-refractivity contribution >= 4 is 17.3 Å². The van der Waals surface area contributed by atoms with Gasteiger partial charge in [-0.25, -0.2) is 0 Å². The lowest BCUT2D eigenvalue weighted by atomic mass is 10.0. The Kier molecular flexibility index (Phi) is 4.83. The second kappa shape index (κ2) is 7.02. The maximum absolute atomic E-state index is 12.4. The second-order valence-corrected chi connectivity index (χ2v) is 5.95. The van der Waals surface area contributed by atoms with Gasteiger partial charge in [-0.05, 0) is 30.9 Å². The number of aromatic hydroxyl groups is 1. The van der Waals surface area contributed by atoms with Crippen molar-refractivity contribution in [1.82, 2.24) is 9.78 Å². The van der Waals surface area contributed by atoms with E-state index in [0.29, 0.717) is 23.8 Å². The van der Waals surface area contributed by atoms with Gasteiger partial charge in [0.1, 0.15) is 10.8 Å². The molecule has 1 aliphatic rings. The number of phenols is 1. The molecule has 2 heterocycles. The minimum Gasteiger partial charge on any atom is -0.508 e. The fourth-order valence-electron chi connectivity index (χ4n) is 2.59. The summed E-state index contributed by atoms with van der Waals surface area (Å²) in [5.74, 6) is 0.472. The van der Waals surface area contributed by atoms with Gasteiger partial charge in [-0.3, -0.25) is 4.79 Å². The van der Waals surface area contributed by atoms with Crippen molar-refractivity contribution in [3.05, 3.63) is 45.8 Å². The molecule has 1 aliphatic heterocycles. The van der Waals surface area contributed by atoms with Crippen molar-refractivity contribution < 1.29 is 9.84 Å². The molecule has 1 aromatic heterocycles. The molecular formula is C16H18ClN3O3. The van der Waals surface area contributed by atoms with E-state index >= 15 is 0 Å². The Morgan fingerprint density at radius 2 is 2.35 bits per heavy atom. The highest BCUT2D eigenvalue weighted by atomic mass is 35.5. The summed E-state index contributed by atoms with van der Waals surface area (Å²) < 4.78 is 6.60. The van der Waals surface area contributed by atoms with Crippen LogP contribution in [0.2, 0.25) is 5.02 Å². The van der Waals surface area contributed by atoms with Gasteiger partial charge in [-0.1, -0.05) is 17.7 Å². The molecule has 0 amide bonds. The smallest absolute Gasteiger partial charge is 0.292 e. The number of phenolic OH excluding ortho intramolecular Hbond substituents is 1. The Hall–Kier alpha value is -2.05. The molecule has 1 saturated heterocycles. The number of aromatic nitrogens is 2. The number of ether oxygens (including phenoxy) is 1. The molecule has 122 valence electrons. The van der Waals surface area contributed by atoms with E-state index in [2.05, 4.69) is 10.4 Å². The number of hydrogen-bond acceptors (Lipinski definition) is 5. The van der Waals surface area contributed by atoms with E-state index in [4.69, 9.17) is 16.3 Å². The van der Waals surface area contributed by atoms with Crippen LogP contribution in [0.4, 0.5) is 5.69 Å². The van der Waals surface area contributed by atoms with Gasteiger partial charge in [0.2, 0.25) is 0 Å². The maximum atomic E-state index is 12.4. The summed E-state index contributed by atoms with van der Waals surface area (Å²) in [6.07, 6.45) is 3.67. The zero-order valence-electron chi connectivity index (χ0n) is 12.5. The van der Waals surface area contributed by atoms with Gasteiger partial charge >= 0.3 is 0 Å². The van der Waals surface area contributed by atoms with Gasteiger partial charge < -0.3 is 15.2 Å². The van der Waals surface area contributed by atoms with E-state index in [1.807, 2.05) is 0 Å². The van der Waals surface area contributed by atoms with Crippen LogP contribution in [0.5, 0.6) is 5.75 Å². The standard InChI is InChI=1S/C16H18ClN3O3/c17-15-14(18-8-11-3-2-6-23-10-11)9-19-20(16(15)22)12-4-1-5-13(21)7-12/h1,4-5,7,9,11,18,21H,2-3,6,8,10H2. The van der Waals surface area contributed by atoms with Gasteiger partial charge in [0.05, 0.1) is 24.2 Å². The van der Waals surface area contributed by atoms with E-state index in [-0.39, 0.29) is 10.8 Å². The third-order valence-corrected chi connectivity index (χ3v) is 4.19. The zero-order valence-corrected chi connectivity index (χ0v) is 13.3. The number of halogens is 1. The molecule has 1 unspecified atom stereocenters. The number of nitrogens with zero attached hydrogens (tertiary/aromatic N) is 2. The van der Waals surface area contributed by atoms with Crippen LogP contribution in [-0.4, -0.2) is 34.6 Å². The van der Waals surface area contributed by atoms with Crippen LogP contribution in [0.15, 0.2) is 35.3 Å². The minimum atomic E-state index is -0.429. The number of anilines is 1. The van der Waals surface area contributed by atoms with Crippen molar-refractivity contribution in [2.24, 2.45) is 5.92 Å². The molecule has 1 aromatic carbocycles. The first-order chi connectivity index (χ1) is 11.1. The molecule has 0 bridgehead atoms. The summed E-state index contributed by atoms with van der Waals surface area (Å²) in [6, 6.07) is 6.30. The monoisotopic (exact) mass is 335 g/mol. The highest BCUT2D eigenvalue weighted by molar-refractivity contribution is 6.32. The van der Waals surface area contributed by atoms with Gasteiger partial charge in [0.25, 0.3) is 5.56 Å². The van der Waals surface area contributed by atoms with Crippen molar-refractivity contribution in [1.29, 1.82) is 0 Å². The lowest BCUT2D eigenvalue weighted by Gasteiger charge is -2.22. The summed E-state index contributed by atoms with van der Waals surface area (Å²) in [6.45, 7) is 2.23. The molecule has 0 radical (unpaired) electrons. The second-order valence-electron chi connectivity index (χ2n) is 5.57. The Balaban J connectivity index is 1.79. The topological polar surface area (TPSA) is 76.4 Å². The molecule has 1 atom stereocenters. The average Bonchev–Trinajstić information content (AvgIpc) is 2.57. The number of hydrogen-bond donors (Lipinski definition) is 2. The first-order valence-electron chi connectivity index (χ1n) is 7.54. The highest BCUT2D eigenvalue weighted by Crippen LogP contribution is 2.20. The van der Waals surface area contributed by atoms with Crippen molar-refractivity contribution in [2.75, 3.05) is 25.1 Å². The van der Waals surface area contributed by atoms with Gasteiger partial charge in [-0.15, -0.1) is 0 Å². The fourth-order valence-corrected chi connectivity index (χ4v) is 2.78. The Morgan fingerprint density at radius 3 is 3.09 bits per heavy atom. The molecule has 23 heavy (non-hydrogen) atoms. The predicted octanol–water partition coefficient (Wildman–Crippen LogP) is 2.43. The molecule has 0 aliphatic carbocycles. The molecule has 0 saturated carbocycles. The molecule has 3 rings (SSSR count). The first kappa shape index (κ1) is 15.8. The van der Waals surface area contributed by atoms with E-state index in [1.54, 1.807) is 12.1 Å². The summed E-state index contributed by atoms with van der Waals surface area (Å²) in [5, 5.41) is 16.9. The Labute approximate surface area is 138 Å². The maximum Gasteiger partial charge on any atom is 0.292 e. The van der Waals surface area contributed by atoms with E-state index in [9.17, 15) is 9.90 Å². The first-order valence-corrected chi connectivity index (χ1v) is 7.92. The van der Waals surface area contributed by atoms with E-state index in [1.165, 1.54) is 18.3 Å². The molecular weight excluding hydrogens is 318 g/mol. The summed E-state index contributed by atoms with van der Waals surface area (Å²) in [7, 11) is 0. The van der Waals surface area contributed by atoms with Gasteiger partial charge in [-0.2, -0.15) is 9.78 Å². The fraction of sp³-hybridized carbons (Fsp3) is 0.375. The summed E-state index contributed by atoms with van der Waals surface area (Å²) in [4.78, 5) is 12.4. The van der Waals surface area contributed by atoms with Crippen molar-refractivity contribution in [3.8, 4) is 11.4 Å². The Morgan fingerprint density at radius 1 is 1.48 bits per heavy atom. The number of nitrogens with one attached hydrogen (secondary N) is 1. The highest BCUT2D eigenvalue weighted by Gasteiger charge is 2.16. The largest absolute Gasteiger partial charge is 0.508 e. The average molecular weight is 336 g/mol. The zero-order chi connectivity index (χ0) is 16.2. The summed E-state index contributed by atoms with van der Waals surface area (Å²) in [5.41, 5.74) is 0.546. The molecule has 0 spiro atoms. The van der Waals surface area contributed by atoms with Gasteiger partial charge in [0, 0.05) is 19.2 Å². The third-order valence-electron chi connectivity index (χ3n) is 3.83. The molecule has 1 fully saturated rings.